The maximum Gasteiger partial charge on any atom is 0.307 e. The zero-order valence-corrected chi connectivity index (χ0v) is 9.75. The first kappa shape index (κ1) is 10.7. The Morgan fingerprint density at radius 1 is 1.35 bits per heavy atom. The van der Waals surface area contributed by atoms with Crippen LogP contribution >= 0.6 is 0 Å². The van der Waals surface area contributed by atoms with E-state index in [2.05, 4.69) is 14.8 Å². The Kier molecular flexibility index (Phi) is 2.61. The van der Waals surface area contributed by atoms with Crippen LogP contribution in [0.1, 0.15) is 56.3 Å². The van der Waals surface area contributed by atoms with Gasteiger partial charge < -0.3 is 9.67 Å². The van der Waals surface area contributed by atoms with Gasteiger partial charge in [-0.05, 0) is 19.3 Å². The average molecular weight is 235 g/mol. The van der Waals surface area contributed by atoms with E-state index in [1.165, 1.54) is 32.1 Å². The molecule has 1 aromatic rings. The molecule has 17 heavy (non-hydrogen) atoms. The van der Waals surface area contributed by atoms with Gasteiger partial charge in [0.05, 0.1) is 5.92 Å². The lowest BCUT2D eigenvalue weighted by atomic mass is 9.95. The molecule has 5 heteroatoms. The molecule has 1 heterocycles. The lowest BCUT2D eigenvalue weighted by molar-refractivity contribution is -0.138. The summed E-state index contributed by atoms with van der Waals surface area (Å²) in [4.78, 5) is 10.9. The van der Waals surface area contributed by atoms with Crippen molar-refractivity contribution in [1.82, 2.24) is 14.8 Å². The van der Waals surface area contributed by atoms with Gasteiger partial charge >= 0.3 is 5.97 Å². The summed E-state index contributed by atoms with van der Waals surface area (Å²) < 4.78 is 2.13. The first-order valence-electron chi connectivity index (χ1n) is 6.39. The van der Waals surface area contributed by atoms with Gasteiger partial charge in [0.25, 0.3) is 0 Å². The number of aromatic nitrogens is 3. The molecule has 0 aliphatic heterocycles. The number of nitrogens with zero attached hydrogens (tertiary/aromatic N) is 3. The molecule has 92 valence electrons. The topological polar surface area (TPSA) is 68.0 Å². The number of carbonyl (C=O) groups is 1. The van der Waals surface area contributed by atoms with E-state index in [0.717, 1.165) is 12.2 Å². The van der Waals surface area contributed by atoms with Crippen LogP contribution in [-0.2, 0) is 4.79 Å². The molecule has 0 amide bonds. The maximum atomic E-state index is 10.9. The van der Waals surface area contributed by atoms with Crippen LogP contribution in [0.3, 0.4) is 0 Å². The standard InChI is InChI=1S/C12H17N3O2/c16-12(17)10-6-9(10)11-14-13-7-15(11)8-4-2-1-3-5-8/h7-10H,1-6H2,(H,16,17). The van der Waals surface area contributed by atoms with E-state index in [9.17, 15) is 4.79 Å². The number of aliphatic carboxylic acids is 1. The summed E-state index contributed by atoms with van der Waals surface area (Å²) in [6.07, 6.45) is 8.69. The largest absolute Gasteiger partial charge is 0.481 e. The lowest BCUT2D eigenvalue weighted by Gasteiger charge is -2.23. The molecule has 2 saturated carbocycles. The van der Waals surface area contributed by atoms with Gasteiger partial charge in [-0.15, -0.1) is 10.2 Å². The Bertz CT molecular complexity index is 423. The predicted octanol–water partition coefficient (Wildman–Crippen LogP) is 1.97. The summed E-state index contributed by atoms with van der Waals surface area (Å²) >= 11 is 0. The molecule has 2 atom stereocenters. The van der Waals surface area contributed by atoms with E-state index in [1.807, 2.05) is 0 Å². The van der Waals surface area contributed by atoms with E-state index >= 15 is 0 Å². The fourth-order valence-electron chi connectivity index (χ4n) is 2.91. The van der Waals surface area contributed by atoms with Crippen molar-refractivity contribution >= 4 is 5.97 Å². The van der Waals surface area contributed by atoms with Crippen LogP contribution in [-0.4, -0.2) is 25.8 Å². The minimum atomic E-state index is -0.701. The summed E-state index contributed by atoms with van der Waals surface area (Å²) in [5.74, 6) is 0.0518. The van der Waals surface area contributed by atoms with Crippen molar-refractivity contribution in [3.8, 4) is 0 Å². The Morgan fingerprint density at radius 2 is 2.12 bits per heavy atom. The highest BCUT2D eigenvalue weighted by Crippen LogP contribution is 2.47. The molecular formula is C12H17N3O2. The van der Waals surface area contributed by atoms with Gasteiger partial charge in [0.2, 0.25) is 0 Å². The van der Waals surface area contributed by atoms with Gasteiger partial charge in [-0.25, -0.2) is 0 Å². The molecule has 0 spiro atoms. The Hall–Kier alpha value is -1.39. The second-order valence-corrected chi connectivity index (χ2v) is 5.18. The van der Waals surface area contributed by atoms with Gasteiger partial charge in [-0.3, -0.25) is 4.79 Å². The minimum Gasteiger partial charge on any atom is -0.481 e. The molecule has 0 saturated heterocycles. The van der Waals surface area contributed by atoms with Gasteiger partial charge in [-0.1, -0.05) is 19.3 Å². The maximum absolute atomic E-state index is 10.9. The number of hydrogen-bond donors (Lipinski definition) is 1. The fourth-order valence-corrected chi connectivity index (χ4v) is 2.91. The van der Waals surface area contributed by atoms with Crippen LogP contribution in [0.4, 0.5) is 0 Å². The molecule has 5 nitrogen and oxygen atoms in total. The van der Waals surface area contributed by atoms with E-state index in [4.69, 9.17) is 5.11 Å². The molecule has 0 radical (unpaired) electrons. The Morgan fingerprint density at radius 3 is 2.76 bits per heavy atom. The molecule has 2 unspecified atom stereocenters. The van der Waals surface area contributed by atoms with E-state index < -0.39 is 5.97 Å². The first-order chi connectivity index (χ1) is 8.27. The van der Waals surface area contributed by atoms with Crippen LogP contribution in [0, 0.1) is 5.92 Å². The van der Waals surface area contributed by atoms with Crippen LogP contribution in [0.15, 0.2) is 6.33 Å². The highest BCUT2D eigenvalue weighted by Gasteiger charge is 2.47. The highest BCUT2D eigenvalue weighted by atomic mass is 16.4. The Balaban J connectivity index is 1.78. The zero-order valence-electron chi connectivity index (χ0n) is 9.75. The summed E-state index contributed by atoms with van der Waals surface area (Å²) in [7, 11) is 0. The van der Waals surface area contributed by atoms with Crippen molar-refractivity contribution in [2.24, 2.45) is 5.92 Å². The predicted molar refractivity (Wildman–Crippen MR) is 60.6 cm³/mol. The van der Waals surface area contributed by atoms with E-state index in [1.54, 1.807) is 6.33 Å². The van der Waals surface area contributed by atoms with Crippen molar-refractivity contribution in [3.63, 3.8) is 0 Å². The molecule has 2 aliphatic carbocycles. The van der Waals surface area contributed by atoms with E-state index in [0.29, 0.717) is 6.04 Å². The number of carboxylic acids is 1. The van der Waals surface area contributed by atoms with Gasteiger partial charge in [0.1, 0.15) is 12.2 Å². The minimum absolute atomic E-state index is 0.0944. The summed E-state index contributed by atoms with van der Waals surface area (Å²) in [5.41, 5.74) is 0. The quantitative estimate of drug-likeness (QED) is 0.869. The number of rotatable bonds is 3. The van der Waals surface area contributed by atoms with Crippen molar-refractivity contribution in [1.29, 1.82) is 0 Å². The number of carboxylic acid groups (broad SMARTS) is 1. The SMILES string of the molecule is O=C(O)C1CC1c1nncn1C1CCCCC1. The second-order valence-electron chi connectivity index (χ2n) is 5.18. The van der Waals surface area contributed by atoms with Crippen molar-refractivity contribution in [2.45, 2.75) is 50.5 Å². The van der Waals surface area contributed by atoms with Gasteiger partial charge in [0, 0.05) is 12.0 Å². The molecule has 1 N–H and O–H groups in total. The molecule has 0 bridgehead atoms. The molecule has 2 fully saturated rings. The average Bonchev–Trinajstić information content (AvgIpc) is 3.00. The third-order valence-corrected chi connectivity index (χ3v) is 4.01. The zero-order chi connectivity index (χ0) is 11.8. The van der Waals surface area contributed by atoms with Crippen LogP contribution < -0.4 is 0 Å². The van der Waals surface area contributed by atoms with Gasteiger partial charge in [0.15, 0.2) is 0 Å². The van der Waals surface area contributed by atoms with Crippen molar-refractivity contribution in [3.05, 3.63) is 12.2 Å². The third kappa shape index (κ3) is 1.94. The van der Waals surface area contributed by atoms with Crippen LogP contribution in [0.2, 0.25) is 0 Å². The van der Waals surface area contributed by atoms with Gasteiger partial charge in [-0.2, -0.15) is 0 Å². The first-order valence-corrected chi connectivity index (χ1v) is 6.39. The van der Waals surface area contributed by atoms with Crippen LogP contribution in [0.5, 0.6) is 0 Å². The molecular weight excluding hydrogens is 218 g/mol. The van der Waals surface area contributed by atoms with Crippen molar-refractivity contribution in [2.75, 3.05) is 0 Å². The third-order valence-electron chi connectivity index (χ3n) is 4.01. The van der Waals surface area contributed by atoms with Crippen LogP contribution in [0.25, 0.3) is 0 Å². The summed E-state index contributed by atoms with van der Waals surface area (Å²) in [5, 5.41) is 17.1. The molecule has 0 aromatic carbocycles. The monoisotopic (exact) mass is 235 g/mol. The smallest absolute Gasteiger partial charge is 0.307 e. The lowest BCUT2D eigenvalue weighted by Crippen LogP contribution is -2.15. The molecule has 1 aromatic heterocycles. The fraction of sp³-hybridized carbons (Fsp3) is 0.750. The Labute approximate surface area is 99.9 Å². The number of hydrogen-bond acceptors (Lipinski definition) is 3. The van der Waals surface area contributed by atoms with Crippen molar-refractivity contribution < 1.29 is 9.90 Å². The molecule has 3 rings (SSSR count). The summed E-state index contributed by atoms with van der Waals surface area (Å²) in [6.45, 7) is 0. The normalized spacial score (nSPS) is 29.2. The summed E-state index contributed by atoms with van der Waals surface area (Å²) in [6, 6.07) is 0.490. The highest BCUT2D eigenvalue weighted by molar-refractivity contribution is 5.74. The molecule has 2 aliphatic rings. The second kappa shape index (κ2) is 4.13. The van der Waals surface area contributed by atoms with E-state index in [-0.39, 0.29) is 11.8 Å².